The Morgan fingerprint density at radius 3 is 2.11 bits per heavy atom. The van der Waals surface area contributed by atoms with E-state index in [2.05, 4.69) is 5.32 Å². The zero-order chi connectivity index (χ0) is 32.9. The molecule has 0 saturated carbocycles. The van der Waals surface area contributed by atoms with E-state index in [1.165, 1.54) is 17.0 Å². The van der Waals surface area contributed by atoms with Crippen LogP contribution in [0.25, 0.3) is 0 Å². The molecule has 0 aliphatic carbocycles. The van der Waals surface area contributed by atoms with Crippen molar-refractivity contribution in [1.29, 1.82) is 0 Å². The number of sulfonamides is 1. The summed E-state index contributed by atoms with van der Waals surface area (Å²) < 4.78 is 34.9. The van der Waals surface area contributed by atoms with Crippen LogP contribution >= 0.6 is 11.6 Å². The molecule has 0 heterocycles. The van der Waals surface area contributed by atoms with E-state index in [0.717, 1.165) is 22.7 Å². The van der Waals surface area contributed by atoms with E-state index in [4.69, 9.17) is 16.3 Å². The second-order valence-corrected chi connectivity index (χ2v) is 13.0. The Morgan fingerprint density at radius 1 is 0.848 bits per heavy atom. The highest BCUT2D eigenvalue weighted by molar-refractivity contribution is 7.92. The highest BCUT2D eigenvalue weighted by Gasteiger charge is 2.34. The third kappa shape index (κ3) is 9.11. The van der Waals surface area contributed by atoms with E-state index >= 15 is 0 Å². The number of nitrogens with zero attached hydrogens (tertiary/aromatic N) is 2. The fourth-order valence-electron chi connectivity index (χ4n) is 5.00. The number of carbonyl (C=O) groups is 2. The molecule has 4 aromatic rings. The zero-order valence-electron chi connectivity index (χ0n) is 26.1. The summed E-state index contributed by atoms with van der Waals surface area (Å²) in [5, 5.41) is 3.42. The lowest BCUT2D eigenvalue weighted by Gasteiger charge is -2.34. The normalized spacial score (nSPS) is 11.8. The van der Waals surface area contributed by atoms with Crippen LogP contribution in [0.15, 0.2) is 114 Å². The summed E-state index contributed by atoms with van der Waals surface area (Å²) in [4.78, 5) is 29.8. The second-order valence-electron chi connectivity index (χ2n) is 10.7. The van der Waals surface area contributed by atoms with E-state index in [-0.39, 0.29) is 23.8 Å². The number of unbranched alkanes of at least 4 members (excludes halogenated alkanes) is 1. The molecule has 0 saturated heterocycles. The zero-order valence-corrected chi connectivity index (χ0v) is 27.7. The van der Waals surface area contributed by atoms with Crippen molar-refractivity contribution in [1.82, 2.24) is 10.2 Å². The number of benzene rings is 4. The van der Waals surface area contributed by atoms with Gasteiger partial charge in [-0.3, -0.25) is 13.9 Å². The summed E-state index contributed by atoms with van der Waals surface area (Å²) in [6, 6.07) is 30.2. The molecule has 2 amide bonds. The quantitative estimate of drug-likeness (QED) is 0.139. The molecule has 4 aromatic carbocycles. The Labute approximate surface area is 277 Å². The van der Waals surface area contributed by atoms with E-state index < -0.39 is 28.5 Å². The molecule has 1 unspecified atom stereocenters. The first kappa shape index (κ1) is 34.5. The molecule has 0 aliphatic rings. The molecule has 8 nitrogen and oxygen atoms in total. The van der Waals surface area contributed by atoms with Crippen molar-refractivity contribution in [3.05, 3.63) is 125 Å². The van der Waals surface area contributed by atoms with Crippen LogP contribution in [0.5, 0.6) is 5.75 Å². The first-order valence-corrected chi connectivity index (χ1v) is 17.2. The molecular weight excluding hydrogens is 622 g/mol. The van der Waals surface area contributed by atoms with E-state index in [0.29, 0.717) is 35.2 Å². The van der Waals surface area contributed by atoms with Gasteiger partial charge in [-0.05, 0) is 66.9 Å². The van der Waals surface area contributed by atoms with Crippen LogP contribution < -0.4 is 14.4 Å². The van der Waals surface area contributed by atoms with Gasteiger partial charge in [-0.1, -0.05) is 91.7 Å². The van der Waals surface area contributed by atoms with Crippen molar-refractivity contribution >= 4 is 39.1 Å². The standard InChI is InChI=1S/C36H40ClN3O5S/c1-3-5-24-38-36(42)34(25-28-14-8-6-9-15-28)39(26-29-16-12-13-19-33(29)37)35(41)27-40(30-17-10-7-11-18-30)46(43,44)32-22-20-31(21-23-32)45-4-2/h6-23,34H,3-5,24-27H2,1-2H3,(H,38,42). The number of hydrogen-bond donors (Lipinski definition) is 1. The Kier molecular flexibility index (Phi) is 12.6. The number of rotatable bonds is 16. The van der Waals surface area contributed by atoms with Crippen LogP contribution in [-0.4, -0.2) is 50.9 Å². The predicted molar refractivity (Wildman–Crippen MR) is 182 cm³/mol. The van der Waals surface area contributed by atoms with Gasteiger partial charge in [-0.15, -0.1) is 0 Å². The van der Waals surface area contributed by atoms with Crippen molar-refractivity contribution < 1.29 is 22.7 Å². The lowest BCUT2D eigenvalue weighted by atomic mass is 10.0. The van der Waals surface area contributed by atoms with Gasteiger partial charge in [0.05, 0.1) is 17.2 Å². The van der Waals surface area contributed by atoms with Crippen LogP contribution in [0.4, 0.5) is 5.69 Å². The maximum absolute atomic E-state index is 14.5. The average Bonchev–Trinajstić information content (AvgIpc) is 3.07. The predicted octanol–water partition coefficient (Wildman–Crippen LogP) is 6.49. The van der Waals surface area contributed by atoms with Crippen molar-refractivity contribution in [2.24, 2.45) is 0 Å². The highest BCUT2D eigenvalue weighted by Crippen LogP contribution is 2.27. The Morgan fingerprint density at radius 2 is 1.48 bits per heavy atom. The van der Waals surface area contributed by atoms with Gasteiger partial charge in [0, 0.05) is 24.5 Å². The van der Waals surface area contributed by atoms with Crippen LogP contribution in [-0.2, 0) is 32.6 Å². The molecule has 1 N–H and O–H groups in total. The summed E-state index contributed by atoms with van der Waals surface area (Å²) in [6.07, 6.45) is 1.90. The minimum absolute atomic E-state index is 0.00291. The maximum atomic E-state index is 14.5. The molecule has 0 fully saturated rings. The van der Waals surface area contributed by atoms with E-state index in [1.54, 1.807) is 60.7 Å². The van der Waals surface area contributed by atoms with Crippen molar-refractivity contribution in [3.63, 3.8) is 0 Å². The minimum atomic E-state index is -4.21. The lowest BCUT2D eigenvalue weighted by Crippen LogP contribution is -2.53. The summed E-state index contributed by atoms with van der Waals surface area (Å²) in [5.74, 6) is -0.337. The Hall–Kier alpha value is -4.34. The number of ether oxygens (including phenoxy) is 1. The van der Waals surface area contributed by atoms with Crippen LogP contribution in [0.1, 0.15) is 37.8 Å². The molecule has 10 heteroatoms. The van der Waals surface area contributed by atoms with Crippen LogP contribution in [0.2, 0.25) is 5.02 Å². The fraction of sp³-hybridized carbons (Fsp3) is 0.278. The lowest BCUT2D eigenvalue weighted by molar-refractivity contribution is -0.140. The van der Waals surface area contributed by atoms with Gasteiger partial charge >= 0.3 is 0 Å². The third-order valence-corrected chi connectivity index (χ3v) is 9.60. The van der Waals surface area contributed by atoms with Gasteiger partial charge in [0.2, 0.25) is 11.8 Å². The number of carbonyl (C=O) groups excluding carboxylic acids is 2. The van der Waals surface area contributed by atoms with Gasteiger partial charge in [-0.25, -0.2) is 8.42 Å². The third-order valence-electron chi connectivity index (χ3n) is 7.44. The molecule has 242 valence electrons. The number of amides is 2. The number of para-hydroxylation sites is 1. The summed E-state index contributed by atoms with van der Waals surface area (Å²) in [7, 11) is -4.21. The Balaban J connectivity index is 1.77. The summed E-state index contributed by atoms with van der Waals surface area (Å²) in [6.45, 7) is 4.23. The van der Waals surface area contributed by atoms with Gasteiger partial charge < -0.3 is 15.0 Å². The average molecular weight is 662 g/mol. The van der Waals surface area contributed by atoms with Crippen LogP contribution in [0, 0.1) is 0 Å². The molecule has 4 rings (SSSR count). The minimum Gasteiger partial charge on any atom is -0.494 e. The van der Waals surface area contributed by atoms with Crippen molar-refractivity contribution in [2.45, 2.75) is 50.6 Å². The molecule has 0 radical (unpaired) electrons. The number of hydrogen-bond acceptors (Lipinski definition) is 5. The summed E-state index contributed by atoms with van der Waals surface area (Å²) in [5.41, 5.74) is 1.81. The smallest absolute Gasteiger partial charge is 0.264 e. The SMILES string of the molecule is CCCCNC(=O)C(Cc1ccccc1)N(Cc1ccccc1Cl)C(=O)CN(c1ccccc1)S(=O)(=O)c1ccc(OCC)cc1. The molecular formula is C36H40ClN3O5S. The topological polar surface area (TPSA) is 96.0 Å². The highest BCUT2D eigenvalue weighted by atomic mass is 35.5. The van der Waals surface area contributed by atoms with Crippen LogP contribution in [0.3, 0.4) is 0 Å². The summed E-state index contributed by atoms with van der Waals surface area (Å²) >= 11 is 6.55. The van der Waals surface area contributed by atoms with Crippen molar-refractivity contribution in [3.8, 4) is 5.75 Å². The van der Waals surface area contributed by atoms with Crippen molar-refractivity contribution in [2.75, 3.05) is 24.0 Å². The monoisotopic (exact) mass is 661 g/mol. The number of halogens is 1. The Bertz CT molecular complexity index is 1670. The number of nitrogens with one attached hydrogen (secondary N) is 1. The molecule has 0 aliphatic heterocycles. The molecule has 46 heavy (non-hydrogen) atoms. The maximum Gasteiger partial charge on any atom is 0.264 e. The van der Waals surface area contributed by atoms with Gasteiger partial charge in [0.15, 0.2) is 0 Å². The van der Waals surface area contributed by atoms with E-state index in [9.17, 15) is 18.0 Å². The first-order chi connectivity index (χ1) is 22.2. The molecule has 0 aromatic heterocycles. The first-order valence-electron chi connectivity index (χ1n) is 15.4. The van der Waals surface area contributed by atoms with Gasteiger partial charge in [0.1, 0.15) is 18.3 Å². The van der Waals surface area contributed by atoms with E-state index in [1.807, 2.05) is 50.2 Å². The van der Waals surface area contributed by atoms with Gasteiger partial charge in [-0.2, -0.15) is 0 Å². The molecule has 1 atom stereocenters. The molecule has 0 bridgehead atoms. The molecule has 0 spiro atoms. The fourth-order valence-corrected chi connectivity index (χ4v) is 6.60. The number of anilines is 1. The largest absolute Gasteiger partial charge is 0.494 e. The van der Waals surface area contributed by atoms with Gasteiger partial charge in [0.25, 0.3) is 10.0 Å². The second kappa shape index (κ2) is 16.8.